The number of carbonyl (C=O) groups is 1. The zero-order chi connectivity index (χ0) is 14.8. The Balaban J connectivity index is 2.30. The highest BCUT2D eigenvalue weighted by Gasteiger charge is 2.08. The Labute approximate surface area is 122 Å². The third-order valence-corrected chi connectivity index (χ3v) is 2.58. The summed E-state index contributed by atoms with van der Waals surface area (Å²) in [6.45, 7) is 2.19. The van der Waals surface area contributed by atoms with Crippen molar-refractivity contribution in [2.24, 2.45) is 5.84 Å². The van der Waals surface area contributed by atoms with Crippen molar-refractivity contribution in [1.29, 1.82) is 0 Å². The summed E-state index contributed by atoms with van der Waals surface area (Å²) in [7, 11) is 1.62. The monoisotopic (exact) mass is 302 g/mol. The number of hydrogen-bond acceptors (Lipinski definition) is 6. The van der Waals surface area contributed by atoms with Crippen LogP contribution in [0.2, 0.25) is 5.15 Å². The Kier molecular flexibility index (Phi) is 7.89. The molecule has 0 aliphatic heterocycles. The Morgan fingerprint density at radius 3 is 2.90 bits per heavy atom. The number of nitrogens with two attached hydrogens (primary N) is 1. The predicted molar refractivity (Wildman–Crippen MR) is 76.7 cm³/mol. The molecule has 1 aromatic rings. The van der Waals surface area contributed by atoms with Gasteiger partial charge in [0.2, 0.25) is 0 Å². The van der Waals surface area contributed by atoms with Gasteiger partial charge in [-0.3, -0.25) is 4.79 Å². The molecule has 1 amide bonds. The van der Waals surface area contributed by atoms with Crippen molar-refractivity contribution in [2.75, 3.05) is 38.9 Å². The molecule has 1 rings (SSSR count). The van der Waals surface area contributed by atoms with Crippen LogP contribution in [0.5, 0.6) is 0 Å². The van der Waals surface area contributed by atoms with Gasteiger partial charge in [-0.1, -0.05) is 11.6 Å². The van der Waals surface area contributed by atoms with Gasteiger partial charge in [0.05, 0.1) is 13.2 Å². The number of rotatable bonds is 9. The fourth-order valence-corrected chi connectivity index (χ4v) is 1.63. The molecule has 0 bridgehead atoms. The fourth-order valence-electron chi connectivity index (χ4n) is 1.42. The molecule has 0 fully saturated rings. The van der Waals surface area contributed by atoms with Crippen molar-refractivity contribution in [1.82, 2.24) is 10.3 Å². The number of nitrogen functional groups attached to an aromatic ring is 1. The Bertz CT molecular complexity index is 431. The first-order valence-electron chi connectivity index (χ1n) is 6.16. The number of anilines is 1. The molecule has 0 aromatic carbocycles. The molecule has 0 spiro atoms. The number of methoxy groups -OCH3 is 1. The van der Waals surface area contributed by atoms with Gasteiger partial charge < -0.3 is 20.2 Å². The summed E-state index contributed by atoms with van der Waals surface area (Å²) in [5.74, 6) is 5.34. The van der Waals surface area contributed by atoms with E-state index in [-0.39, 0.29) is 11.1 Å². The number of pyridine rings is 1. The van der Waals surface area contributed by atoms with Gasteiger partial charge in [0, 0.05) is 25.8 Å². The minimum Gasteiger partial charge on any atom is -0.382 e. The van der Waals surface area contributed by atoms with Gasteiger partial charge in [-0.05, 0) is 18.6 Å². The third-order valence-electron chi connectivity index (χ3n) is 2.39. The maximum absolute atomic E-state index is 11.9. The second-order valence-corrected chi connectivity index (χ2v) is 4.31. The molecule has 0 atom stereocenters. The van der Waals surface area contributed by atoms with Gasteiger partial charge >= 0.3 is 0 Å². The van der Waals surface area contributed by atoms with E-state index in [4.69, 9.17) is 26.9 Å². The molecular formula is C12H19ClN4O3. The molecule has 0 saturated heterocycles. The molecule has 4 N–H and O–H groups in total. The summed E-state index contributed by atoms with van der Waals surface area (Å²) in [5.41, 5.74) is 2.75. The van der Waals surface area contributed by atoms with Gasteiger partial charge in [-0.25, -0.2) is 10.8 Å². The number of hydrogen-bond donors (Lipinski definition) is 3. The molecule has 0 saturated carbocycles. The first kappa shape index (κ1) is 16.6. The Morgan fingerprint density at radius 1 is 1.40 bits per heavy atom. The Hall–Kier alpha value is -1.41. The normalized spacial score (nSPS) is 10.3. The van der Waals surface area contributed by atoms with E-state index in [1.165, 1.54) is 12.1 Å². The van der Waals surface area contributed by atoms with Crippen LogP contribution in [0.15, 0.2) is 12.1 Å². The van der Waals surface area contributed by atoms with E-state index >= 15 is 0 Å². The molecule has 0 unspecified atom stereocenters. The molecule has 0 aliphatic rings. The van der Waals surface area contributed by atoms with Gasteiger partial charge in [0.15, 0.2) is 0 Å². The fraction of sp³-hybridized carbons (Fsp3) is 0.500. The summed E-state index contributed by atoms with van der Waals surface area (Å²) in [4.78, 5) is 15.8. The van der Waals surface area contributed by atoms with Gasteiger partial charge in [0.1, 0.15) is 11.0 Å². The largest absolute Gasteiger partial charge is 0.382 e. The average Bonchev–Trinajstić information content (AvgIpc) is 2.45. The van der Waals surface area contributed by atoms with E-state index in [0.717, 1.165) is 6.42 Å². The van der Waals surface area contributed by atoms with E-state index in [1.807, 2.05) is 0 Å². The minimum atomic E-state index is -0.234. The number of aromatic nitrogens is 1. The van der Waals surface area contributed by atoms with Crippen molar-refractivity contribution >= 4 is 23.3 Å². The summed E-state index contributed by atoms with van der Waals surface area (Å²) < 4.78 is 10.1. The lowest BCUT2D eigenvalue weighted by Crippen LogP contribution is -2.25. The van der Waals surface area contributed by atoms with E-state index in [2.05, 4.69) is 15.7 Å². The molecule has 8 heteroatoms. The number of hydrazine groups is 1. The number of ether oxygens (including phenoxy) is 2. The lowest BCUT2D eigenvalue weighted by molar-refractivity contribution is 0.0688. The summed E-state index contributed by atoms with van der Waals surface area (Å²) in [6.07, 6.45) is 0.719. The highest BCUT2D eigenvalue weighted by molar-refractivity contribution is 6.29. The maximum atomic E-state index is 11.9. The lowest BCUT2D eigenvalue weighted by atomic mass is 10.2. The summed E-state index contributed by atoms with van der Waals surface area (Å²) in [5, 5.41) is 2.97. The van der Waals surface area contributed by atoms with Crippen LogP contribution in [0, 0.1) is 0 Å². The minimum absolute atomic E-state index is 0.202. The zero-order valence-corrected chi connectivity index (χ0v) is 12.1. The van der Waals surface area contributed by atoms with Crippen molar-refractivity contribution in [3.8, 4) is 0 Å². The first-order valence-corrected chi connectivity index (χ1v) is 6.54. The van der Waals surface area contributed by atoms with Crippen LogP contribution < -0.4 is 16.6 Å². The average molecular weight is 303 g/mol. The quantitative estimate of drug-likeness (QED) is 0.270. The molecule has 1 heterocycles. The number of carbonyl (C=O) groups excluding carboxylic acids is 1. The highest BCUT2D eigenvalue weighted by Crippen LogP contribution is 2.13. The van der Waals surface area contributed by atoms with Crippen LogP contribution in [0.25, 0.3) is 0 Å². The van der Waals surface area contributed by atoms with Crippen LogP contribution in [0.4, 0.5) is 5.82 Å². The van der Waals surface area contributed by atoms with Crippen LogP contribution in [-0.4, -0.2) is 44.4 Å². The molecule has 7 nitrogen and oxygen atoms in total. The van der Waals surface area contributed by atoms with Gasteiger partial charge in [-0.2, -0.15) is 0 Å². The SMILES string of the molecule is COCCOCCCNC(=O)c1cc(Cl)nc(NN)c1. The molecule has 1 aromatic heterocycles. The van der Waals surface area contributed by atoms with Gasteiger partial charge in [0.25, 0.3) is 5.91 Å². The molecule has 0 aliphatic carbocycles. The van der Waals surface area contributed by atoms with Crippen LogP contribution in [0.1, 0.15) is 16.8 Å². The molecule has 0 radical (unpaired) electrons. The number of nitrogens with zero attached hydrogens (tertiary/aromatic N) is 1. The number of nitrogens with one attached hydrogen (secondary N) is 2. The molecule has 20 heavy (non-hydrogen) atoms. The van der Waals surface area contributed by atoms with Crippen molar-refractivity contribution in [3.05, 3.63) is 22.8 Å². The highest BCUT2D eigenvalue weighted by atomic mass is 35.5. The van der Waals surface area contributed by atoms with E-state index in [1.54, 1.807) is 7.11 Å². The molecular weight excluding hydrogens is 284 g/mol. The number of amides is 1. The molecule has 112 valence electrons. The van der Waals surface area contributed by atoms with Crippen molar-refractivity contribution < 1.29 is 14.3 Å². The van der Waals surface area contributed by atoms with E-state index in [0.29, 0.717) is 37.7 Å². The van der Waals surface area contributed by atoms with Crippen LogP contribution in [-0.2, 0) is 9.47 Å². The topological polar surface area (TPSA) is 98.5 Å². The standard InChI is InChI=1S/C12H19ClN4O3/c1-19-5-6-20-4-2-3-15-12(18)9-7-10(13)16-11(8-9)17-14/h7-8H,2-6,14H2,1H3,(H,15,18)(H,16,17). The van der Waals surface area contributed by atoms with E-state index < -0.39 is 0 Å². The lowest BCUT2D eigenvalue weighted by Gasteiger charge is -2.07. The van der Waals surface area contributed by atoms with E-state index in [9.17, 15) is 4.79 Å². The third kappa shape index (κ3) is 6.16. The Morgan fingerprint density at radius 2 is 2.20 bits per heavy atom. The predicted octanol–water partition coefficient (Wildman–Crippen LogP) is 0.803. The van der Waals surface area contributed by atoms with Crippen molar-refractivity contribution in [3.63, 3.8) is 0 Å². The van der Waals surface area contributed by atoms with Crippen LogP contribution >= 0.6 is 11.6 Å². The summed E-state index contributed by atoms with van der Waals surface area (Å²) >= 11 is 5.79. The van der Waals surface area contributed by atoms with Gasteiger partial charge in [-0.15, -0.1) is 0 Å². The first-order chi connectivity index (χ1) is 9.67. The van der Waals surface area contributed by atoms with Crippen molar-refractivity contribution in [2.45, 2.75) is 6.42 Å². The van der Waals surface area contributed by atoms with Crippen LogP contribution in [0.3, 0.4) is 0 Å². The second kappa shape index (κ2) is 9.49. The summed E-state index contributed by atoms with van der Waals surface area (Å²) in [6, 6.07) is 3.00. The smallest absolute Gasteiger partial charge is 0.251 e. The number of halogens is 1. The second-order valence-electron chi connectivity index (χ2n) is 3.92. The zero-order valence-electron chi connectivity index (χ0n) is 11.3. The maximum Gasteiger partial charge on any atom is 0.251 e.